The summed E-state index contributed by atoms with van der Waals surface area (Å²) in [6.45, 7) is 12.3. The molecule has 0 aromatic heterocycles. The highest BCUT2D eigenvalue weighted by molar-refractivity contribution is 7.46. The molecule has 7 heteroatoms. The van der Waals surface area contributed by atoms with Gasteiger partial charge in [-0.25, -0.2) is 4.57 Å². The Balaban J connectivity index is 5.11. The van der Waals surface area contributed by atoms with Gasteiger partial charge in [0.25, 0.3) is 0 Å². The SMILES string of the molecule is C[Si](C)(C)C=C(OP(=O)(O)O)[Si](C)(C)C. The third-order valence-electron chi connectivity index (χ3n) is 1.52. The molecule has 0 aliphatic rings. The Bertz CT molecular complexity index is 295. The van der Waals surface area contributed by atoms with E-state index in [0.29, 0.717) is 5.38 Å². The molecule has 0 unspecified atom stereocenters. The Morgan fingerprint density at radius 3 is 1.73 bits per heavy atom. The van der Waals surface area contributed by atoms with Crippen LogP contribution < -0.4 is 0 Å². The molecule has 0 fully saturated rings. The van der Waals surface area contributed by atoms with E-state index in [-0.39, 0.29) is 0 Å². The summed E-state index contributed by atoms with van der Waals surface area (Å²) < 4.78 is 15.6. The molecular formula is C8H21O4PSi2. The van der Waals surface area contributed by atoms with E-state index in [1.54, 1.807) is 0 Å². The van der Waals surface area contributed by atoms with Crippen LogP contribution in [0.25, 0.3) is 0 Å². The summed E-state index contributed by atoms with van der Waals surface area (Å²) in [5.41, 5.74) is 1.94. The predicted molar refractivity (Wildman–Crippen MR) is 67.9 cm³/mol. The highest BCUT2D eigenvalue weighted by atomic mass is 31.2. The minimum atomic E-state index is -4.42. The maximum atomic E-state index is 10.8. The van der Waals surface area contributed by atoms with Crippen molar-refractivity contribution in [3.8, 4) is 0 Å². The first-order valence-electron chi connectivity index (χ1n) is 4.80. The maximum absolute atomic E-state index is 10.8. The number of hydrogen-bond acceptors (Lipinski definition) is 2. The molecule has 0 aromatic rings. The van der Waals surface area contributed by atoms with Gasteiger partial charge in [-0.05, 0) is 0 Å². The van der Waals surface area contributed by atoms with Gasteiger partial charge in [-0.1, -0.05) is 45.0 Å². The summed E-state index contributed by atoms with van der Waals surface area (Å²) in [5, 5.41) is 0.523. The fraction of sp³-hybridized carbons (Fsp3) is 0.750. The van der Waals surface area contributed by atoms with E-state index >= 15 is 0 Å². The van der Waals surface area contributed by atoms with Gasteiger partial charge in [-0.15, -0.1) is 0 Å². The average molecular weight is 268 g/mol. The zero-order valence-electron chi connectivity index (χ0n) is 10.2. The van der Waals surface area contributed by atoms with Crippen molar-refractivity contribution in [2.45, 2.75) is 39.3 Å². The van der Waals surface area contributed by atoms with Crippen molar-refractivity contribution in [3.05, 3.63) is 11.1 Å². The molecule has 0 aliphatic carbocycles. The molecule has 0 bridgehead atoms. The van der Waals surface area contributed by atoms with E-state index in [0.717, 1.165) is 0 Å². The standard InChI is InChI=1S/C8H21O4PSi2/c1-14(2,3)7-8(15(4,5)6)12-13(9,10)11/h7H,1-6H3,(H2,9,10,11). The lowest BCUT2D eigenvalue weighted by atomic mass is 11.1. The lowest BCUT2D eigenvalue weighted by Gasteiger charge is -2.24. The van der Waals surface area contributed by atoms with Crippen LogP contribution in [0, 0.1) is 0 Å². The van der Waals surface area contributed by atoms with Gasteiger partial charge >= 0.3 is 7.82 Å². The fourth-order valence-electron chi connectivity index (χ4n) is 0.901. The number of phosphoric ester groups is 1. The molecular weight excluding hydrogens is 247 g/mol. The second-order valence-electron chi connectivity index (χ2n) is 5.71. The van der Waals surface area contributed by atoms with E-state index < -0.39 is 24.0 Å². The molecule has 0 amide bonds. The van der Waals surface area contributed by atoms with Crippen LogP contribution in [0.2, 0.25) is 39.3 Å². The smallest absolute Gasteiger partial charge is 0.415 e. The van der Waals surface area contributed by atoms with Crippen molar-refractivity contribution in [1.29, 1.82) is 0 Å². The summed E-state index contributed by atoms with van der Waals surface area (Å²) in [5.74, 6) is 0. The minimum Gasteiger partial charge on any atom is -0.415 e. The summed E-state index contributed by atoms with van der Waals surface area (Å²) in [6, 6.07) is 0. The third kappa shape index (κ3) is 7.99. The lowest BCUT2D eigenvalue weighted by Crippen LogP contribution is -2.29. The number of phosphoric acid groups is 1. The van der Waals surface area contributed by atoms with Gasteiger partial charge in [0.05, 0.1) is 13.5 Å². The maximum Gasteiger partial charge on any atom is 0.524 e. The van der Waals surface area contributed by atoms with Crippen molar-refractivity contribution in [1.82, 2.24) is 0 Å². The average Bonchev–Trinajstić information content (AvgIpc) is 1.75. The summed E-state index contributed by atoms with van der Waals surface area (Å²) in [4.78, 5) is 17.7. The highest BCUT2D eigenvalue weighted by Gasteiger charge is 2.30. The first kappa shape index (κ1) is 15.1. The van der Waals surface area contributed by atoms with Crippen molar-refractivity contribution >= 4 is 24.0 Å². The quantitative estimate of drug-likeness (QED) is 0.467. The van der Waals surface area contributed by atoms with Gasteiger partial charge in [0.15, 0.2) is 0 Å². The second kappa shape index (κ2) is 4.55. The zero-order valence-corrected chi connectivity index (χ0v) is 13.1. The first-order chi connectivity index (χ1) is 6.31. The Kier molecular flexibility index (Phi) is 4.59. The normalized spacial score (nSPS) is 15.3. The van der Waals surface area contributed by atoms with Crippen LogP contribution in [0.15, 0.2) is 11.1 Å². The predicted octanol–water partition coefficient (Wildman–Crippen LogP) is 2.73. The van der Waals surface area contributed by atoms with Crippen LogP contribution in [0.4, 0.5) is 0 Å². The number of hydrogen-bond donors (Lipinski definition) is 2. The Labute approximate surface area is 93.6 Å². The molecule has 0 radical (unpaired) electrons. The van der Waals surface area contributed by atoms with Crippen LogP contribution in [0.1, 0.15) is 0 Å². The van der Waals surface area contributed by atoms with Crippen molar-refractivity contribution in [2.24, 2.45) is 0 Å². The van der Waals surface area contributed by atoms with E-state index in [4.69, 9.17) is 14.3 Å². The monoisotopic (exact) mass is 268 g/mol. The molecule has 4 nitrogen and oxygen atoms in total. The molecule has 15 heavy (non-hydrogen) atoms. The van der Waals surface area contributed by atoms with Gasteiger partial charge in [0.1, 0.15) is 8.07 Å². The topological polar surface area (TPSA) is 66.8 Å². The Hall–Kier alpha value is 0.124. The molecule has 0 saturated heterocycles. The highest BCUT2D eigenvalue weighted by Crippen LogP contribution is 2.41. The van der Waals surface area contributed by atoms with Crippen LogP contribution in [0.5, 0.6) is 0 Å². The van der Waals surface area contributed by atoms with Gasteiger partial charge < -0.3 is 4.52 Å². The van der Waals surface area contributed by atoms with E-state index in [1.165, 1.54) is 0 Å². The molecule has 0 aliphatic heterocycles. The summed E-state index contributed by atoms with van der Waals surface area (Å²) >= 11 is 0. The molecule has 0 rings (SSSR count). The first-order valence-corrected chi connectivity index (χ1v) is 13.4. The molecule has 0 aromatic carbocycles. The van der Waals surface area contributed by atoms with Crippen molar-refractivity contribution < 1.29 is 18.9 Å². The van der Waals surface area contributed by atoms with Gasteiger partial charge in [-0.2, -0.15) is 0 Å². The van der Waals surface area contributed by atoms with Crippen molar-refractivity contribution in [3.63, 3.8) is 0 Å². The fourth-order valence-corrected chi connectivity index (χ4v) is 6.64. The lowest BCUT2D eigenvalue weighted by molar-refractivity contribution is 0.251. The van der Waals surface area contributed by atoms with Crippen LogP contribution in [-0.4, -0.2) is 25.9 Å². The van der Waals surface area contributed by atoms with Gasteiger partial charge in [0, 0.05) is 0 Å². The van der Waals surface area contributed by atoms with Crippen LogP contribution >= 0.6 is 7.82 Å². The second-order valence-corrected chi connectivity index (χ2v) is 16.9. The van der Waals surface area contributed by atoms with E-state index in [2.05, 4.69) is 19.6 Å². The molecule has 0 heterocycles. The number of rotatable bonds is 4. The molecule has 90 valence electrons. The minimum absolute atomic E-state index is 0.523. The van der Waals surface area contributed by atoms with Gasteiger partial charge in [0.2, 0.25) is 0 Å². The van der Waals surface area contributed by atoms with Gasteiger partial charge in [-0.3, -0.25) is 9.79 Å². The van der Waals surface area contributed by atoms with E-state index in [9.17, 15) is 4.57 Å². The molecule has 0 saturated carbocycles. The zero-order chi connectivity index (χ0) is 12.5. The Morgan fingerprint density at radius 1 is 1.13 bits per heavy atom. The molecule has 2 N–H and O–H groups in total. The molecule has 0 spiro atoms. The van der Waals surface area contributed by atoms with Crippen LogP contribution in [-0.2, 0) is 9.09 Å². The molecule has 0 atom stereocenters. The third-order valence-corrected chi connectivity index (χ3v) is 5.27. The Morgan fingerprint density at radius 2 is 1.53 bits per heavy atom. The summed E-state index contributed by atoms with van der Waals surface area (Å²) in [7, 11) is -7.77. The largest absolute Gasteiger partial charge is 0.524 e. The van der Waals surface area contributed by atoms with E-state index in [1.807, 2.05) is 25.3 Å². The summed E-state index contributed by atoms with van der Waals surface area (Å²) in [6.07, 6.45) is 0. The van der Waals surface area contributed by atoms with Crippen molar-refractivity contribution in [2.75, 3.05) is 0 Å². The van der Waals surface area contributed by atoms with Crippen LogP contribution in [0.3, 0.4) is 0 Å².